The van der Waals surface area contributed by atoms with Crippen LogP contribution in [-0.4, -0.2) is 33.9 Å². The minimum absolute atomic E-state index is 0.293. The van der Waals surface area contributed by atoms with Crippen molar-refractivity contribution in [2.45, 2.75) is 19.1 Å². The van der Waals surface area contributed by atoms with Crippen LogP contribution >= 0.6 is 11.6 Å². The maximum absolute atomic E-state index is 12.2. The van der Waals surface area contributed by atoms with Crippen LogP contribution in [-0.2, 0) is 16.9 Å². The lowest BCUT2D eigenvalue weighted by atomic mass is 9.96. The van der Waals surface area contributed by atoms with Gasteiger partial charge in [-0.1, -0.05) is 29.8 Å². The minimum atomic E-state index is -0.689. The predicted octanol–water partition coefficient (Wildman–Crippen LogP) is 3.72. The molecule has 146 valence electrons. The highest BCUT2D eigenvalue weighted by atomic mass is 35.5. The third-order valence-corrected chi connectivity index (χ3v) is 4.61. The lowest BCUT2D eigenvalue weighted by molar-refractivity contribution is 0.00488. The molecule has 0 fully saturated rings. The highest BCUT2D eigenvalue weighted by Crippen LogP contribution is 2.28. The van der Waals surface area contributed by atoms with Crippen LogP contribution < -0.4 is 20.1 Å². The normalized spacial score (nSPS) is 12.8. The third kappa shape index (κ3) is 5.52. The molecule has 2 aromatic carbocycles. The molecule has 0 unspecified atom stereocenters. The zero-order valence-corrected chi connectivity index (χ0v) is 16.7. The zero-order chi connectivity index (χ0) is 19.9. The fourth-order valence-electron chi connectivity index (χ4n) is 2.59. The van der Waals surface area contributed by atoms with Gasteiger partial charge in [-0.05, 0) is 42.3 Å². The summed E-state index contributed by atoms with van der Waals surface area (Å²) in [6, 6.07) is 12.6. The summed E-state index contributed by atoms with van der Waals surface area (Å²) in [6.45, 7) is 2.54. The van der Waals surface area contributed by atoms with Gasteiger partial charge in [0.05, 0.1) is 20.8 Å². The SMILES string of the molecule is COc1ccc(CNC(=O)NC[C@](C)(OC)c2cccc(Cl)c2)cc1OC. The van der Waals surface area contributed by atoms with Gasteiger partial charge in [0.1, 0.15) is 5.60 Å². The highest BCUT2D eigenvalue weighted by molar-refractivity contribution is 6.30. The first-order valence-electron chi connectivity index (χ1n) is 8.45. The summed E-state index contributed by atoms with van der Waals surface area (Å²) in [5, 5.41) is 6.28. The summed E-state index contributed by atoms with van der Waals surface area (Å²) in [5.74, 6) is 1.26. The first-order valence-corrected chi connectivity index (χ1v) is 8.83. The second-order valence-corrected chi connectivity index (χ2v) is 6.61. The number of hydrogen-bond donors (Lipinski definition) is 2. The van der Waals surface area contributed by atoms with Crippen molar-refractivity contribution >= 4 is 17.6 Å². The Morgan fingerprint density at radius 3 is 2.41 bits per heavy atom. The maximum atomic E-state index is 12.2. The van der Waals surface area contributed by atoms with Gasteiger partial charge in [-0.3, -0.25) is 0 Å². The van der Waals surface area contributed by atoms with Crippen molar-refractivity contribution in [2.75, 3.05) is 27.9 Å². The van der Waals surface area contributed by atoms with E-state index in [0.717, 1.165) is 11.1 Å². The second kappa shape index (κ2) is 9.48. The maximum Gasteiger partial charge on any atom is 0.315 e. The van der Waals surface area contributed by atoms with Gasteiger partial charge < -0.3 is 24.8 Å². The molecule has 0 radical (unpaired) electrons. The predicted molar refractivity (Wildman–Crippen MR) is 106 cm³/mol. The van der Waals surface area contributed by atoms with Crippen molar-refractivity contribution in [3.05, 3.63) is 58.6 Å². The summed E-state index contributed by atoms with van der Waals surface area (Å²) in [5.41, 5.74) is 1.09. The largest absolute Gasteiger partial charge is 0.493 e. The number of urea groups is 1. The molecule has 2 amide bonds. The molecule has 0 saturated heterocycles. The Bertz CT molecular complexity index is 784. The Hall–Kier alpha value is -2.44. The summed E-state index contributed by atoms with van der Waals surface area (Å²) in [4.78, 5) is 12.2. The summed E-state index contributed by atoms with van der Waals surface area (Å²) in [6.07, 6.45) is 0. The van der Waals surface area contributed by atoms with Gasteiger partial charge in [0.25, 0.3) is 0 Å². The van der Waals surface area contributed by atoms with E-state index in [1.807, 2.05) is 37.3 Å². The van der Waals surface area contributed by atoms with E-state index in [0.29, 0.717) is 29.6 Å². The quantitative estimate of drug-likeness (QED) is 0.718. The number of ether oxygens (including phenoxy) is 3. The van der Waals surface area contributed by atoms with Crippen LogP contribution in [0, 0.1) is 0 Å². The van der Waals surface area contributed by atoms with Crippen molar-refractivity contribution < 1.29 is 19.0 Å². The number of benzene rings is 2. The average molecular weight is 393 g/mol. The van der Waals surface area contributed by atoms with Crippen LogP contribution in [0.5, 0.6) is 11.5 Å². The summed E-state index contributed by atoms with van der Waals surface area (Å²) in [7, 11) is 4.75. The third-order valence-electron chi connectivity index (χ3n) is 4.37. The molecule has 7 heteroatoms. The molecule has 2 aromatic rings. The van der Waals surface area contributed by atoms with E-state index >= 15 is 0 Å². The van der Waals surface area contributed by atoms with Gasteiger partial charge in [-0.2, -0.15) is 0 Å². The number of halogens is 1. The number of rotatable bonds is 8. The number of carbonyl (C=O) groups excluding carboxylic acids is 1. The molecule has 1 atom stereocenters. The molecule has 0 aliphatic carbocycles. The summed E-state index contributed by atoms with van der Waals surface area (Å²) < 4.78 is 16.1. The molecule has 0 aliphatic heterocycles. The van der Waals surface area contributed by atoms with Crippen LogP contribution in [0.4, 0.5) is 4.79 Å². The molecule has 0 spiro atoms. The van der Waals surface area contributed by atoms with Crippen LogP contribution in [0.2, 0.25) is 5.02 Å². The molecule has 0 aromatic heterocycles. The first kappa shape index (κ1) is 20.9. The van der Waals surface area contributed by atoms with E-state index in [2.05, 4.69) is 10.6 Å². The number of hydrogen-bond acceptors (Lipinski definition) is 4. The van der Waals surface area contributed by atoms with E-state index in [1.54, 1.807) is 33.5 Å². The molecule has 0 aliphatic rings. The van der Waals surface area contributed by atoms with E-state index < -0.39 is 5.60 Å². The fourth-order valence-corrected chi connectivity index (χ4v) is 2.78. The van der Waals surface area contributed by atoms with Crippen molar-refractivity contribution in [2.24, 2.45) is 0 Å². The first-order chi connectivity index (χ1) is 12.9. The van der Waals surface area contributed by atoms with Gasteiger partial charge in [-0.25, -0.2) is 4.79 Å². The minimum Gasteiger partial charge on any atom is -0.493 e. The lowest BCUT2D eigenvalue weighted by Crippen LogP contribution is -2.44. The molecule has 2 N–H and O–H groups in total. The summed E-state index contributed by atoms with van der Waals surface area (Å²) >= 11 is 6.06. The molecule has 6 nitrogen and oxygen atoms in total. The number of carbonyl (C=O) groups is 1. The monoisotopic (exact) mass is 392 g/mol. The van der Waals surface area contributed by atoms with Crippen LogP contribution in [0.25, 0.3) is 0 Å². The van der Waals surface area contributed by atoms with Gasteiger partial charge in [0, 0.05) is 18.7 Å². The number of methoxy groups -OCH3 is 3. The number of amides is 2. The van der Waals surface area contributed by atoms with Gasteiger partial charge in [-0.15, -0.1) is 0 Å². The van der Waals surface area contributed by atoms with E-state index in [1.165, 1.54) is 0 Å². The van der Waals surface area contributed by atoms with E-state index in [4.69, 9.17) is 25.8 Å². The zero-order valence-electron chi connectivity index (χ0n) is 16.0. The van der Waals surface area contributed by atoms with E-state index in [9.17, 15) is 4.79 Å². The van der Waals surface area contributed by atoms with Crippen LogP contribution in [0.15, 0.2) is 42.5 Å². The average Bonchev–Trinajstić information content (AvgIpc) is 2.70. The smallest absolute Gasteiger partial charge is 0.315 e. The molecule has 27 heavy (non-hydrogen) atoms. The Morgan fingerprint density at radius 1 is 1.04 bits per heavy atom. The number of nitrogens with one attached hydrogen (secondary N) is 2. The molecule has 0 heterocycles. The van der Waals surface area contributed by atoms with Gasteiger partial charge in [0.2, 0.25) is 0 Å². The molecule has 0 saturated carbocycles. The molecule has 0 bridgehead atoms. The second-order valence-electron chi connectivity index (χ2n) is 6.17. The molecule has 2 rings (SSSR count). The Morgan fingerprint density at radius 2 is 1.78 bits per heavy atom. The molecular weight excluding hydrogens is 368 g/mol. The van der Waals surface area contributed by atoms with Gasteiger partial charge >= 0.3 is 6.03 Å². The van der Waals surface area contributed by atoms with Crippen molar-refractivity contribution in [3.63, 3.8) is 0 Å². The van der Waals surface area contributed by atoms with Gasteiger partial charge in [0.15, 0.2) is 11.5 Å². The fraction of sp³-hybridized carbons (Fsp3) is 0.350. The van der Waals surface area contributed by atoms with Crippen molar-refractivity contribution in [1.82, 2.24) is 10.6 Å². The molecular formula is C20H25ClN2O4. The standard InChI is InChI=1S/C20H25ClN2O4/c1-20(27-4,15-6-5-7-16(21)11-15)13-23-19(24)22-12-14-8-9-17(25-2)18(10-14)26-3/h5-11H,12-13H2,1-4H3,(H2,22,23,24)/t20-/m0/s1. The van der Waals surface area contributed by atoms with Crippen LogP contribution in [0.3, 0.4) is 0 Å². The van der Waals surface area contributed by atoms with E-state index in [-0.39, 0.29) is 6.03 Å². The topological polar surface area (TPSA) is 68.8 Å². The lowest BCUT2D eigenvalue weighted by Gasteiger charge is -2.29. The van der Waals surface area contributed by atoms with Crippen LogP contribution in [0.1, 0.15) is 18.1 Å². The van der Waals surface area contributed by atoms with Crippen molar-refractivity contribution in [1.29, 1.82) is 0 Å². The van der Waals surface area contributed by atoms with Crippen molar-refractivity contribution in [3.8, 4) is 11.5 Å². The Balaban J connectivity index is 1.93. The Kier molecular flexibility index (Phi) is 7.33. The highest BCUT2D eigenvalue weighted by Gasteiger charge is 2.27. The Labute approximate surface area is 164 Å².